The van der Waals surface area contributed by atoms with E-state index in [2.05, 4.69) is 10.3 Å². The Kier molecular flexibility index (Phi) is 5.63. The van der Waals surface area contributed by atoms with Gasteiger partial charge in [-0.15, -0.1) is 0 Å². The highest BCUT2D eigenvalue weighted by Crippen LogP contribution is 2.07. The molecule has 0 radical (unpaired) electrons. The minimum absolute atomic E-state index is 0.0902. The van der Waals surface area contributed by atoms with Gasteiger partial charge in [-0.05, 0) is 30.9 Å². The van der Waals surface area contributed by atoms with E-state index in [9.17, 15) is 9.90 Å². The van der Waals surface area contributed by atoms with Crippen molar-refractivity contribution in [3.8, 4) is 0 Å². The van der Waals surface area contributed by atoms with Gasteiger partial charge in [0.1, 0.15) is 0 Å². The maximum absolute atomic E-state index is 11.9. The number of aliphatic hydroxyl groups is 1. The number of nitrogens with zero attached hydrogens (tertiary/aromatic N) is 1. The van der Waals surface area contributed by atoms with Crippen molar-refractivity contribution in [3.63, 3.8) is 0 Å². The second-order valence-electron chi connectivity index (χ2n) is 3.99. The zero-order chi connectivity index (χ0) is 12.7. The van der Waals surface area contributed by atoms with Crippen LogP contribution in [0.1, 0.15) is 42.6 Å². The topological polar surface area (TPSA) is 62.2 Å². The largest absolute Gasteiger partial charge is 0.393 e. The van der Waals surface area contributed by atoms with Gasteiger partial charge >= 0.3 is 0 Å². The van der Waals surface area contributed by atoms with Crippen LogP contribution < -0.4 is 5.32 Å². The van der Waals surface area contributed by atoms with E-state index in [4.69, 9.17) is 0 Å². The van der Waals surface area contributed by atoms with E-state index in [1.807, 2.05) is 13.8 Å². The number of hydrogen-bond acceptors (Lipinski definition) is 3. The van der Waals surface area contributed by atoms with Crippen molar-refractivity contribution < 1.29 is 9.90 Å². The second-order valence-corrected chi connectivity index (χ2v) is 3.99. The Hall–Kier alpha value is -1.42. The maximum atomic E-state index is 11.9. The Morgan fingerprint density at radius 1 is 1.53 bits per heavy atom. The summed E-state index contributed by atoms with van der Waals surface area (Å²) in [4.78, 5) is 15.9. The first-order valence-electron chi connectivity index (χ1n) is 6.08. The van der Waals surface area contributed by atoms with Crippen LogP contribution in [0.15, 0.2) is 18.5 Å². The predicted octanol–water partition coefficient (Wildman–Crippen LogP) is 1.53. The molecule has 4 heteroatoms. The van der Waals surface area contributed by atoms with E-state index in [1.165, 1.54) is 0 Å². The zero-order valence-corrected chi connectivity index (χ0v) is 10.4. The SMILES string of the molecule is CCc1cnccc1C(=O)NCCC(O)CC. The Morgan fingerprint density at radius 3 is 2.94 bits per heavy atom. The minimum atomic E-state index is -0.335. The number of nitrogens with one attached hydrogen (secondary N) is 1. The Balaban J connectivity index is 2.52. The van der Waals surface area contributed by atoms with Gasteiger partial charge in [-0.3, -0.25) is 9.78 Å². The molecule has 0 saturated carbocycles. The molecule has 1 amide bonds. The monoisotopic (exact) mass is 236 g/mol. The molecule has 0 bridgehead atoms. The standard InChI is InChI=1S/C13H20N2O2/c1-3-10-9-14-7-6-12(10)13(17)15-8-5-11(16)4-2/h6-7,9,11,16H,3-5,8H2,1-2H3,(H,15,17). The molecule has 0 fully saturated rings. The number of aliphatic hydroxyl groups excluding tert-OH is 1. The normalized spacial score (nSPS) is 12.2. The number of aryl methyl sites for hydroxylation is 1. The number of carbonyl (C=O) groups excluding carboxylic acids is 1. The molecule has 1 atom stereocenters. The highest BCUT2D eigenvalue weighted by Gasteiger charge is 2.10. The number of amides is 1. The fourth-order valence-corrected chi connectivity index (χ4v) is 1.58. The smallest absolute Gasteiger partial charge is 0.251 e. The summed E-state index contributed by atoms with van der Waals surface area (Å²) < 4.78 is 0. The average molecular weight is 236 g/mol. The van der Waals surface area contributed by atoms with Crippen molar-refractivity contribution in [2.75, 3.05) is 6.54 Å². The first kappa shape index (κ1) is 13.6. The first-order chi connectivity index (χ1) is 8.19. The highest BCUT2D eigenvalue weighted by molar-refractivity contribution is 5.95. The summed E-state index contributed by atoms with van der Waals surface area (Å²) >= 11 is 0. The highest BCUT2D eigenvalue weighted by atomic mass is 16.3. The van der Waals surface area contributed by atoms with Gasteiger partial charge < -0.3 is 10.4 Å². The van der Waals surface area contributed by atoms with Crippen molar-refractivity contribution in [1.82, 2.24) is 10.3 Å². The van der Waals surface area contributed by atoms with Gasteiger partial charge in [0.25, 0.3) is 5.91 Å². The van der Waals surface area contributed by atoms with Crippen molar-refractivity contribution in [2.45, 2.75) is 39.2 Å². The van der Waals surface area contributed by atoms with Gasteiger partial charge in [0.05, 0.1) is 6.10 Å². The minimum Gasteiger partial charge on any atom is -0.393 e. The third-order valence-electron chi connectivity index (χ3n) is 2.76. The molecular weight excluding hydrogens is 216 g/mol. The molecular formula is C13H20N2O2. The summed E-state index contributed by atoms with van der Waals surface area (Å²) in [6.45, 7) is 4.42. The van der Waals surface area contributed by atoms with Crippen molar-refractivity contribution in [1.29, 1.82) is 0 Å². The zero-order valence-electron chi connectivity index (χ0n) is 10.4. The molecule has 1 unspecified atom stereocenters. The molecule has 17 heavy (non-hydrogen) atoms. The molecule has 0 aliphatic heterocycles. The fourth-order valence-electron chi connectivity index (χ4n) is 1.58. The molecule has 94 valence electrons. The van der Waals surface area contributed by atoms with Gasteiger partial charge in [-0.25, -0.2) is 0 Å². The molecule has 4 nitrogen and oxygen atoms in total. The van der Waals surface area contributed by atoms with E-state index < -0.39 is 0 Å². The van der Waals surface area contributed by atoms with Crippen molar-refractivity contribution in [3.05, 3.63) is 29.6 Å². The Bertz CT molecular complexity index is 366. The van der Waals surface area contributed by atoms with Gasteiger partial charge in [0.15, 0.2) is 0 Å². The number of pyridine rings is 1. The van der Waals surface area contributed by atoms with Crippen molar-refractivity contribution >= 4 is 5.91 Å². The van der Waals surface area contributed by atoms with Crippen LogP contribution in [0, 0.1) is 0 Å². The lowest BCUT2D eigenvalue weighted by atomic mass is 10.1. The van der Waals surface area contributed by atoms with Crippen LogP contribution >= 0.6 is 0 Å². The van der Waals surface area contributed by atoms with E-state index in [0.717, 1.165) is 12.0 Å². The quantitative estimate of drug-likeness (QED) is 0.787. The number of aromatic nitrogens is 1. The summed E-state index contributed by atoms with van der Waals surface area (Å²) in [5.41, 5.74) is 1.62. The van der Waals surface area contributed by atoms with Crippen LogP contribution in [0.3, 0.4) is 0 Å². The predicted molar refractivity (Wildman–Crippen MR) is 66.9 cm³/mol. The lowest BCUT2D eigenvalue weighted by Gasteiger charge is -2.10. The Morgan fingerprint density at radius 2 is 2.29 bits per heavy atom. The molecule has 0 aliphatic rings. The van der Waals surface area contributed by atoms with Crippen LogP contribution in [0.4, 0.5) is 0 Å². The molecule has 0 saturated heterocycles. The molecule has 2 N–H and O–H groups in total. The summed E-state index contributed by atoms with van der Waals surface area (Å²) in [6, 6.07) is 1.73. The molecule has 1 heterocycles. The van der Waals surface area contributed by atoms with Crippen LogP contribution in [0.25, 0.3) is 0 Å². The maximum Gasteiger partial charge on any atom is 0.251 e. The lowest BCUT2D eigenvalue weighted by Crippen LogP contribution is -2.27. The molecule has 1 aromatic rings. The third kappa shape index (κ3) is 4.15. The van der Waals surface area contributed by atoms with Gasteiger partial charge in [-0.2, -0.15) is 0 Å². The van der Waals surface area contributed by atoms with Crippen molar-refractivity contribution in [2.24, 2.45) is 0 Å². The van der Waals surface area contributed by atoms with Crippen LogP contribution in [-0.4, -0.2) is 28.6 Å². The third-order valence-corrected chi connectivity index (χ3v) is 2.76. The van der Waals surface area contributed by atoms with Gasteiger partial charge in [-0.1, -0.05) is 13.8 Å². The number of hydrogen-bond donors (Lipinski definition) is 2. The van der Waals surface area contributed by atoms with Crippen LogP contribution in [0.2, 0.25) is 0 Å². The van der Waals surface area contributed by atoms with E-state index in [-0.39, 0.29) is 12.0 Å². The number of rotatable bonds is 6. The summed E-state index contributed by atoms with van der Waals surface area (Å²) in [7, 11) is 0. The first-order valence-corrected chi connectivity index (χ1v) is 6.08. The summed E-state index contributed by atoms with van der Waals surface area (Å²) in [5, 5.41) is 12.2. The molecule has 0 spiro atoms. The molecule has 0 aliphatic carbocycles. The summed E-state index contributed by atoms with van der Waals surface area (Å²) in [5.74, 6) is -0.0902. The fraction of sp³-hybridized carbons (Fsp3) is 0.538. The summed E-state index contributed by atoms with van der Waals surface area (Å²) in [6.07, 6.45) is 5.09. The molecule has 1 aromatic heterocycles. The second kappa shape index (κ2) is 7.01. The lowest BCUT2D eigenvalue weighted by molar-refractivity contribution is 0.0941. The van der Waals surface area contributed by atoms with Crippen LogP contribution in [0.5, 0.6) is 0 Å². The van der Waals surface area contributed by atoms with E-state index >= 15 is 0 Å². The van der Waals surface area contributed by atoms with Crippen LogP contribution in [-0.2, 0) is 6.42 Å². The average Bonchev–Trinajstić information content (AvgIpc) is 2.38. The Labute approximate surface area is 102 Å². The van der Waals surface area contributed by atoms with Gasteiger partial charge in [0, 0.05) is 24.5 Å². The number of carbonyl (C=O) groups is 1. The molecule has 0 aromatic carbocycles. The van der Waals surface area contributed by atoms with E-state index in [1.54, 1.807) is 18.5 Å². The van der Waals surface area contributed by atoms with Gasteiger partial charge in [0.2, 0.25) is 0 Å². The molecule has 1 rings (SSSR count). The van der Waals surface area contributed by atoms with E-state index in [0.29, 0.717) is 24.9 Å².